The molecule has 9 heteroatoms. The molecule has 1 aromatic rings. The van der Waals surface area contributed by atoms with E-state index in [0.29, 0.717) is 36.0 Å². The third kappa shape index (κ3) is 4.91. The van der Waals surface area contributed by atoms with Gasteiger partial charge >= 0.3 is 5.97 Å². The van der Waals surface area contributed by atoms with Gasteiger partial charge in [0, 0.05) is 22.3 Å². The van der Waals surface area contributed by atoms with E-state index in [1.54, 1.807) is 33.8 Å². The van der Waals surface area contributed by atoms with Crippen LogP contribution in [0.15, 0.2) is 46.3 Å². The molecule has 0 radical (unpaired) electrons. The maximum atomic E-state index is 14.6. The van der Waals surface area contributed by atoms with E-state index < -0.39 is 56.8 Å². The lowest BCUT2D eigenvalue weighted by Crippen LogP contribution is -2.69. The number of benzene rings is 1. The molecule has 4 atom stereocenters. The number of ketones is 3. The second kappa shape index (κ2) is 11.6. The number of allylic oxidation sites excluding steroid dienone is 3. The van der Waals surface area contributed by atoms with Crippen LogP contribution in [0.2, 0.25) is 0 Å². The van der Waals surface area contributed by atoms with E-state index in [2.05, 4.69) is 0 Å². The van der Waals surface area contributed by atoms with Crippen LogP contribution in [0.4, 0.5) is 0 Å². The van der Waals surface area contributed by atoms with Gasteiger partial charge in [0.1, 0.15) is 22.8 Å². The number of carbonyl (C=O) groups is 4. The molecule has 1 unspecified atom stereocenters. The number of carbonyl (C=O) groups excluding carboxylic acids is 4. The number of rotatable bonds is 8. The molecule has 0 heterocycles. The zero-order valence-corrected chi connectivity index (χ0v) is 28.5. The Labute approximate surface area is 275 Å². The predicted molar refractivity (Wildman–Crippen MR) is 176 cm³/mol. The summed E-state index contributed by atoms with van der Waals surface area (Å²) in [5.41, 5.74) is -2.21. The molecule has 0 spiro atoms. The minimum atomic E-state index is -2.65. The zero-order valence-electron chi connectivity index (χ0n) is 28.5. The van der Waals surface area contributed by atoms with Gasteiger partial charge in [-0.05, 0) is 80.6 Å². The number of aromatic hydroxyl groups is 1. The van der Waals surface area contributed by atoms with Crippen molar-refractivity contribution in [2.24, 2.45) is 22.7 Å². The van der Waals surface area contributed by atoms with E-state index in [1.165, 1.54) is 0 Å². The monoisotopic (exact) mass is 646 g/mol. The van der Waals surface area contributed by atoms with Gasteiger partial charge in [0.2, 0.25) is 5.78 Å². The van der Waals surface area contributed by atoms with Crippen LogP contribution in [0.3, 0.4) is 0 Å². The number of aryl methyl sites for hydroxylation is 1. The highest BCUT2D eigenvalue weighted by Crippen LogP contribution is 2.65. The molecule has 4 N–H and O–H groups in total. The van der Waals surface area contributed by atoms with E-state index in [9.17, 15) is 39.6 Å². The zero-order chi connectivity index (χ0) is 35.0. The maximum absolute atomic E-state index is 14.6. The Bertz CT molecular complexity index is 1730. The predicted octanol–water partition coefficient (Wildman–Crippen LogP) is 6.07. The maximum Gasteiger partial charge on any atom is 0.337 e. The lowest BCUT2D eigenvalue weighted by Gasteiger charge is -2.60. The van der Waals surface area contributed by atoms with Crippen molar-refractivity contribution >= 4 is 29.1 Å². The number of hydrogen-bond donors (Lipinski definition) is 4. The van der Waals surface area contributed by atoms with Crippen molar-refractivity contribution in [1.82, 2.24) is 0 Å². The second-order valence-electron chi connectivity index (χ2n) is 14.8. The van der Waals surface area contributed by atoms with Gasteiger partial charge in [0.15, 0.2) is 17.2 Å². The van der Waals surface area contributed by atoms with Gasteiger partial charge in [-0.1, -0.05) is 59.3 Å². The average Bonchev–Trinajstić information content (AvgIpc) is 3.43. The number of esters is 1. The van der Waals surface area contributed by atoms with Gasteiger partial charge in [0.05, 0.1) is 17.7 Å². The molecule has 0 amide bonds. The largest absolute Gasteiger partial charge is 0.508 e. The number of Topliss-reactive ketones (excluding diaryl/α,β-unsaturated/α-hetero) is 3. The Kier molecular flexibility index (Phi) is 8.49. The van der Waals surface area contributed by atoms with Crippen molar-refractivity contribution in [3.8, 4) is 5.75 Å². The Balaban J connectivity index is 1.65. The quantitative estimate of drug-likeness (QED) is 0.194. The number of ether oxygens (including phenoxy) is 1. The molecule has 4 aliphatic carbocycles. The van der Waals surface area contributed by atoms with Gasteiger partial charge in [-0.15, -0.1) is 0 Å². The summed E-state index contributed by atoms with van der Waals surface area (Å²) in [6, 6.07) is 1.94. The van der Waals surface area contributed by atoms with E-state index in [-0.39, 0.29) is 54.1 Å². The summed E-state index contributed by atoms with van der Waals surface area (Å²) in [5, 5.41) is 47.4. The number of hydrogen-bond acceptors (Lipinski definition) is 9. The van der Waals surface area contributed by atoms with Crippen molar-refractivity contribution in [3.63, 3.8) is 0 Å². The smallest absolute Gasteiger partial charge is 0.337 e. The van der Waals surface area contributed by atoms with E-state index >= 15 is 0 Å². The molecule has 1 aromatic carbocycles. The van der Waals surface area contributed by atoms with Crippen molar-refractivity contribution in [2.75, 3.05) is 6.61 Å². The summed E-state index contributed by atoms with van der Waals surface area (Å²) >= 11 is 0. The van der Waals surface area contributed by atoms with Crippen molar-refractivity contribution < 1.29 is 44.3 Å². The van der Waals surface area contributed by atoms with Gasteiger partial charge in [-0.2, -0.15) is 0 Å². The molecule has 4 aliphatic rings. The standard InChI is InChI=1S/C38H46O9/c1-9-47-35(45)23-13-11-21(14-23)10-12-22-15-24(18(2)3)25-16-36(7)17-37(8)28(19(4)5)31(41)26(20(6)39)33(43)38(37,46)34(44)29(36)32(42)27(25)30(22)40/h13-15,18-19,28,40,42-43,46H,9-12,16-17H2,1-8H3/t28?,36-,37-,38+/m1/s1. The highest BCUT2D eigenvalue weighted by atomic mass is 16.5. The average molecular weight is 647 g/mol. The van der Waals surface area contributed by atoms with Gasteiger partial charge < -0.3 is 25.2 Å². The van der Waals surface area contributed by atoms with Gasteiger partial charge in [-0.25, -0.2) is 4.79 Å². The highest BCUT2D eigenvalue weighted by Gasteiger charge is 2.72. The normalized spacial score (nSPS) is 28.7. The molecule has 1 saturated carbocycles. The molecule has 0 aliphatic heterocycles. The number of aliphatic hydroxyl groups excluding tert-OH is 2. The van der Waals surface area contributed by atoms with E-state index in [1.807, 2.05) is 32.9 Å². The molecule has 0 saturated heterocycles. The topological polar surface area (TPSA) is 158 Å². The molecule has 9 nitrogen and oxygen atoms in total. The fourth-order valence-electron chi connectivity index (χ4n) is 8.98. The van der Waals surface area contributed by atoms with Crippen molar-refractivity contribution in [3.05, 3.63) is 68.5 Å². The SMILES string of the molecule is CCOC(=O)C1=CCC(CCc2cc(C(C)C)c3c(c2O)C(O)=C2C(=O)[C@@]4(O)C(O)=C(C(C)=O)C(=O)C(C(C)C)[C@@]4(C)C[C@@]2(C)C3)=C1. The first-order chi connectivity index (χ1) is 21.8. The summed E-state index contributed by atoms with van der Waals surface area (Å²) in [4.78, 5) is 53.2. The lowest BCUT2D eigenvalue weighted by molar-refractivity contribution is -0.178. The Morgan fingerprint density at radius 3 is 2.30 bits per heavy atom. The lowest BCUT2D eigenvalue weighted by atomic mass is 9.43. The molecular weight excluding hydrogens is 600 g/mol. The van der Waals surface area contributed by atoms with Crippen LogP contribution in [0.25, 0.3) is 5.76 Å². The van der Waals surface area contributed by atoms with Crippen LogP contribution in [0.1, 0.15) is 103 Å². The molecular formula is C38H46O9. The van der Waals surface area contributed by atoms with Crippen molar-refractivity contribution in [1.29, 1.82) is 0 Å². The van der Waals surface area contributed by atoms with Crippen molar-refractivity contribution in [2.45, 2.75) is 99.0 Å². The van der Waals surface area contributed by atoms with Gasteiger partial charge in [-0.3, -0.25) is 14.4 Å². The third-order valence-corrected chi connectivity index (χ3v) is 10.9. The molecule has 252 valence electrons. The Hall–Kier alpha value is -3.98. The van der Waals surface area contributed by atoms with Gasteiger partial charge in [0.25, 0.3) is 0 Å². The van der Waals surface area contributed by atoms with E-state index in [4.69, 9.17) is 4.74 Å². The summed E-state index contributed by atoms with van der Waals surface area (Å²) in [7, 11) is 0. The number of phenols is 1. The first-order valence-corrected chi connectivity index (χ1v) is 16.5. The van der Waals surface area contributed by atoms with Crippen LogP contribution in [-0.2, 0) is 36.8 Å². The fourth-order valence-corrected chi connectivity index (χ4v) is 8.98. The first-order valence-electron chi connectivity index (χ1n) is 16.5. The molecule has 5 rings (SSSR count). The summed E-state index contributed by atoms with van der Waals surface area (Å²) in [6.45, 7) is 14.1. The number of aliphatic hydroxyl groups is 3. The Morgan fingerprint density at radius 1 is 1.06 bits per heavy atom. The van der Waals surface area contributed by atoms with Crippen LogP contribution in [0, 0.1) is 22.7 Å². The van der Waals surface area contributed by atoms with Crippen LogP contribution in [-0.4, -0.2) is 56.0 Å². The fraction of sp³-hybridized carbons (Fsp3) is 0.526. The van der Waals surface area contributed by atoms with Crippen LogP contribution in [0.5, 0.6) is 5.75 Å². The number of phenolic OH excluding ortho intramolecular Hbond substituents is 1. The molecule has 0 aromatic heterocycles. The summed E-state index contributed by atoms with van der Waals surface area (Å²) in [6.07, 6.45) is 5.41. The first kappa shape index (κ1) is 34.4. The number of fused-ring (bicyclic) bond motifs is 3. The molecule has 1 fully saturated rings. The van der Waals surface area contributed by atoms with Crippen LogP contribution < -0.4 is 0 Å². The highest BCUT2D eigenvalue weighted by molar-refractivity contribution is 6.24. The van der Waals surface area contributed by atoms with Crippen LogP contribution >= 0.6 is 0 Å². The molecule has 47 heavy (non-hydrogen) atoms. The second-order valence-corrected chi connectivity index (χ2v) is 14.8. The molecule has 0 bridgehead atoms. The Morgan fingerprint density at radius 2 is 1.72 bits per heavy atom. The third-order valence-electron chi connectivity index (χ3n) is 10.9. The van der Waals surface area contributed by atoms with E-state index in [0.717, 1.165) is 18.1 Å². The minimum absolute atomic E-state index is 0.0135. The summed E-state index contributed by atoms with van der Waals surface area (Å²) < 4.78 is 5.10. The summed E-state index contributed by atoms with van der Waals surface area (Å²) in [5.74, 6) is -5.70. The minimum Gasteiger partial charge on any atom is -0.508 e.